The number of aromatic nitrogens is 1. The summed E-state index contributed by atoms with van der Waals surface area (Å²) >= 11 is 11.4. The minimum Gasteiger partial charge on any atom is -0.383 e. The van der Waals surface area contributed by atoms with Crippen LogP contribution in [0.4, 0.5) is 0 Å². The Balaban J connectivity index is 0.00000324. The lowest BCUT2D eigenvalue weighted by atomic mass is 10.2. The van der Waals surface area contributed by atoms with E-state index in [1.54, 1.807) is 7.11 Å². The first-order valence-electron chi connectivity index (χ1n) is 5.44. The van der Waals surface area contributed by atoms with Gasteiger partial charge in [0.05, 0.1) is 6.61 Å². The Morgan fingerprint density at radius 3 is 2.47 bits per heavy atom. The molecule has 8 heteroatoms. The van der Waals surface area contributed by atoms with Crippen LogP contribution in [0.15, 0.2) is 12.1 Å². The summed E-state index contributed by atoms with van der Waals surface area (Å²) in [5.74, 6) is -0.227. The summed E-state index contributed by atoms with van der Waals surface area (Å²) in [6.07, 6.45) is 0. The molecule has 1 aromatic rings. The lowest BCUT2D eigenvalue weighted by molar-refractivity contribution is 0.0953. The smallest absolute Gasteiger partial charge is 0.251 e. The number of amides is 1. The van der Waals surface area contributed by atoms with Gasteiger partial charge in [0.15, 0.2) is 0 Å². The van der Waals surface area contributed by atoms with Crippen LogP contribution >= 0.6 is 35.6 Å². The lowest BCUT2D eigenvalue weighted by Crippen LogP contribution is -2.33. The Morgan fingerprint density at radius 2 is 1.89 bits per heavy atom. The molecule has 0 unspecified atom stereocenters. The third-order valence-corrected chi connectivity index (χ3v) is 2.48. The fraction of sp³-hybridized carbons (Fsp3) is 0.455. The van der Waals surface area contributed by atoms with Crippen molar-refractivity contribution in [2.45, 2.75) is 0 Å². The normalized spacial score (nSPS) is 9.84. The van der Waals surface area contributed by atoms with Crippen LogP contribution in [0.2, 0.25) is 10.3 Å². The summed E-state index contributed by atoms with van der Waals surface area (Å²) in [6.45, 7) is 2.57. The Bertz CT molecular complexity index is 385. The molecule has 1 rings (SSSR count). The first-order valence-corrected chi connectivity index (χ1v) is 6.20. The third kappa shape index (κ3) is 7.54. The van der Waals surface area contributed by atoms with E-state index < -0.39 is 0 Å². The SMILES string of the molecule is COCCNCCNC(=O)c1cc(Cl)nc(Cl)c1.Cl. The van der Waals surface area contributed by atoms with E-state index in [-0.39, 0.29) is 28.6 Å². The second kappa shape index (κ2) is 10.2. The molecule has 0 aliphatic rings. The predicted octanol–water partition coefficient (Wildman–Crippen LogP) is 1.78. The first kappa shape index (κ1) is 18.4. The van der Waals surface area contributed by atoms with Gasteiger partial charge in [-0.25, -0.2) is 4.98 Å². The average Bonchev–Trinajstić information content (AvgIpc) is 2.32. The number of carbonyl (C=O) groups is 1. The largest absolute Gasteiger partial charge is 0.383 e. The highest BCUT2D eigenvalue weighted by Gasteiger charge is 2.07. The molecular formula is C11H16Cl3N3O2. The van der Waals surface area contributed by atoms with Crippen LogP contribution in [0.1, 0.15) is 10.4 Å². The number of rotatable bonds is 7. The molecule has 0 spiro atoms. The molecule has 19 heavy (non-hydrogen) atoms. The van der Waals surface area contributed by atoms with Crippen LogP contribution in [-0.4, -0.2) is 44.2 Å². The molecule has 0 aromatic carbocycles. The van der Waals surface area contributed by atoms with Gasteiger partial charge in [0.2, 0.25) is 0 Å². The molecule has 0 bridgehead atoms. The van der Waals surface area contributed by atoms with Crippen LogP contribution in [0.5, 0.6) is 0 Å². The highest BCUT2D eigenvalue weighted by Crippen LogP contribution is 2.14. The zero-order valence-electron chi connectivity index (χ0n) is 10.4. The van der Waals surface area contributed by atoms with Gasteiger partial charge in [-0.15, -0.1) is 12.4 Å². The van der Waals surface area contributed by atoms with E-state index in [0.29, 0.717) is 25.3 Å². The molecule has 0 saturated carbocycles. The van der Waals surface area contributed by atoms with Gasteiger partial charge in [0.1, 0.15) is 10.3 Å². The number of nitrogens with one attached hydrogen (secondary N) is 2. The molecule has 5 nitrogen and oxygen atoms in total. The second-order valence-corrected chi connectivity index (χ2v) is 4.27. The highest BCUT2D eigenvalue weighted by atomic mass is 35.5. The maximum atomic E-state index is 11.7. The van der Waals surface area contributed by atoms with Crippen LogP contribution < -0.4 is 10.6 Å². The van der Waals surface area contributed by atoms with Crippen LogP contribution in [0.25, 0.3) is 0 Å². The standard InChI is InChI=1S/C11H15Cl2N3O2.ClH/c1-18-5-4-14-2-3-15-11(17)8-6-9(12)16-10(13)7-8;/h6-7,14H,2-5H2,1H3,(H,15,17);1H. The Hall–Kier alpha value is -0.590. The molecular weight excluding hydrogens is 312 g/mol. The minimum absolute atomic E-state index is 0. The Kier molecular flexibility index (Phi) is 9.91. The maximum absolute atomic E-state index is 11.7. The number of hydrogen-bond donors (Lipinski definition) is 2. The number of methoxy groups -OCH3 is 1. The molecule has 1 aromatic heterocycles. The molecule has 1 heterocycles. The number of hydrogen-bond acceptors (Lipinski definition) is 4. The van der Waals surface area contributed by atoms with Crippen LogP contribution in [0.3, 0.4) is 0 Å². The van der Waals surface area contributed by atoms with E-state index in [0.717, 1.165) is 6.54 Å². The summed E-state index contributed by atoms with van der Waals surface area (Å²) in [4.78, 5) is 15.5. The van der Waals surface area contributed by atoms with E-state index in [4.69, 9.17) is 27.9 Å². The summed E-state index contributed by atoms with van der Waals surface area (Å²) in [5.41, 5.74) is 0.400. The number of halogens is 3. The third-order valence-electron chi connectivity index (χ3n) is 2.10. The Labute approximate surface area is 128 Å². The predicted molar refractivity (Wildman–Crippen MR) is 78.6 cm³/mol. The molecule has 0 saturated heterocycles. The topological polar surface area (TPSA) is 63.2 Å². The van der Waals surface area contributed by atoms with E-state index >= 15 is 0 Å². The van der Waals surface area contributed by atoms with Crippen molar-refractivity contribution < 1.29 is 9.53 Å². The minimum atomic E-state index is -0.227. The molecule has 0 aliphatic heterocycles. The lowest BCUT2D eigenvalue weighted by Gasteiger charge is -2.07. The summed E-state index contributed by atoms with van der Waals surface area (Å²) < 4.78 is 4.88. The van der Waals surface area contributed by atoms with E-state index in [9.17, 15) is 4.79 Å². The molecule has 0 fully saturated rings. The molecule has 108 valence electrons. The van der Waals surface area contributed by atoms with Crippen molar-refractivity contribution in [2.75, 3.05) is 33.4 Å². The van der Waals surface area contributed by atoms with Crippen molar-refractivity contribution in [1.29, 1.82) is 0 Å². The average molecular weight is 329 g/mol. The van der Waals surface area contributed by atoms with E-state index in [1.807, 2.05) is 0 Å². The number of nitrogens with zero attached hydrogens (tertiary/aromatic N) is 1. The van der Waals surface area contributed by atoms with Gasteiger partial charge in [-0.1, -0.05) is 23.2 Å². The van der Waals surface area contributed by atoms with E-state index in [1.165, 1.54) is 12.1 Å². The quantitative estimate of drug-likeness (QED) is 0.591. The van der Waals surface area contributed by atoms with Gasteiger partial charge in [-0.3, -0.25) is 4.79 Å². The van der Waals surface area contributed by atoms with Gasteiger partial charge in [-0.2, -0.15) is 0 Å². The van der Waals surface area contributed by atoms with E-state index in [2.05, 4.69) is 15.6 Å². The summed E-state index contributed by atoms with van der Waals surface area (Å²) in [7, 11) is 1.64. The van der Waals surface area contributed by atoms with Crippen molar-refractivity contribution in [3.8, 4) is 0 Å². The van der Waals surface area contributed by atoms with Gasteiger partial charge < -0.3 is 15.4 Å². The van der Waals surface area contributed by atoms with Crippen molar-refractivity contribution in [3.05, 3.63) is 28.0 Å². The Morgan fingerprint density at radius 1 is 1.26 bits per heavy atom. The van der Waals surface area contributed by atoms with Gasteiger partial charge in [-0.05, 0) is 12.1 Å². The molecule has 2 N–H and O–H groups in total. The van der Waals surface area contributed by atoms with Crippen molar-refractivity contribution >= 4 is 41.5 Å². The summed E-state index contributed by atoms with van der Waals surface area (Å²) in [5, 5.41) is 6.25. The fourth-order valence-corrected chi connectivity index (χ4v) is 1.72. The van der Waals surface area contributed by atoms with Crippen molar-refractivity contribution in [1.82, 2.24) is 15.6 Å². The molecule has 0 atom stereocenters. The zero-order chi connectivity index (χ0) is 13.4. The molecule has 0 aliphatic carbocycles. The monoisotopic (exact) mass is 327 g/mol. The molecule has 0 radical (unpaired) electrons. The fourth-order valence-electron chi connectivity index (χ4n) is 1.26. The second-order valence-electron chi connectivity index (χ2n) is 3.50. The van der Waals surface area contributed by atoms with Crippen molar-refractivity contribution in [3.63, 3.8) is 0 Å². The van der Waals surface area contributed by atoms with Crippen LogP contribution in [-0.2, 0) is 4.74 Å². The first-order chi connectivity index (χ1) is 8.63. The number of carbonyl (C=O) groups excluding carboxylic acids is 1. The number of pyridine rings is 1. The zero-order valence-corrected chi connectivity index (χ0v) is 12.7. The summed E-state index contributed by atoms with van der Waals surface area (Å²) in [6, 6.07) is 2.95. The maximum Gasteiger partial charge on any atom is 0.251 e. The van der Waals surface area contributed by atoms with Gasteiger partial charge >= 0.3 is 0 Å². The van der Waals surface area contributed by atoms with Crippen LogP contribution in [0, 0.1) is 0 Å². The van der Waals surface area contributed by atoms with Crippen molar-refractivity contribution in [2.24, 2.45) is 0 Å². The molecule has 1 amide bonds. The van der Waals surface area contributed by atoms with Gasteiger partial charge in [0, 0.05) is 32.3 Å². The highest BCUT2D eigenvalue weighted by molar-refractivity contribution is 6.33. The van der Waals surface area contributed by atoms with Gasteiger partial charge in [0.25, 0.3) is 5.91 Å². The number of ether oxygens (including phenoxy) is 1.